The molecule has 3 rings (SSSR count). The first-order valence-corrected chi connectivity index (χ1v) is 8.18. The first kappa shape index (κ1) is 18.0. The van der Waals surface area contributed by atoms with Crippen molar-refractivity contribution in [2.45, 2.75) is 13.5 Å². The van der Waals surface area contributed by atoms with Crippen molar-refractivity contribution in [2.24, 2.45) is 5.10 Å². The number of aromatic nitrogens is 2. The van der Waals surface area contributed by atoms with Crippen molar-refractivity contribution in [2.75, 3.05) is 0 Å². The van der Waals surface area contributed by atoms with E-state index in [-0.39, 0.29) is 16.8 Å². The van der Waals surface area contributed by atoms with Crippen LogP contribution in [0.3, 0.4) is 0 Å². The molecule has 27 heavy (non-hydrogen) atoms. The fourth-order valence-electron chi connectivity index (χ4n) is 2.55. The Bertz CT molecular complexity index is 1100. The standard InChI is InChI=1S/C19H16N4O4/c1-2-23-18(25)15-6-4-3-5-14(15)16(22-23)17(24)21-20-11-12-7-9-13(10-8-12)19(26)27/h3-11H,2H2,1H3,(H,21,24)(H,26,27). The molecule has 0 saturated heterocycles. The van der Waals surface area contributed by atoms with E-state index in [1.165, 1.54) is 23.0 Å². The lowest BCUT2D eigenvalue weighted by molar-refractivity contribution is 0.0696. The number of amides is 1. The number of nitrogens with one attached hydrogen (secondary N) is 1. The highest BCUT2D eigenvalue weighted by atomic mass is 16.4. The van der Waals surface area contributed by atoms with Gasteiger partial charge in [-0.2, -0.15) is 10.2 Å². The molecule has 0 atom stereocenters. The topological polar surface area (TPSA) is 114 Å². The number of aromatic carboxylic acids is 1. The summed E-state index contributed by atoms with van der Waals surface area (Å²) in [5.41, 5.74) is 3.01. The van der Waals surface area contributed by atoms with Gasteiger partial charge in [0.05, 0.1) is 17.2 Å². The second-order valence-corrected chi connectivity index (χ2v) is 5.64. The fourth-order valence-corrected chi connectivity index (χ4v) is 2.55. The van der Waals surface area contributed by atoms with Gasteiger partial charge in [0.25, 0.3) is 11.5 Å². The Morgan fingerprint density at radius 1 is 1.15 bits per heavy atom. The largest absolute Gasteiger partial charge is 0.478 e. The Labute approximate surface area is 153 Å². The first-order valence-electron chi connectivity index (χ1n) is 8.18. The summed E-state index contributed by atoms with van der Waals surface area (Å²) in [6, 6.07) is 12.8. The molecular formula is C19H16N4O4. The van der Waals surface area contributed by atoms with E-state index in [1.807, 2.05) is 0 Å². The Balaban J connectivity index is 1.85. The molecule has 1 heterocycles. The quantitative estimate of drug-likeness (QED) is 0.530. The minimum absolute atomic E-state index is 0.102. The van der Waals surface area contributed by atoms with Crippen LogP contribution in [0.4, 0.5) is 0 Å². The highest BCUT2D eigenvalue weighted by molar-refractivity contribution is 6.05. The Hall–Kier alpha value is -3.81. The molecule has 8 heteroatoms. The maximum atomic E-state index is 12.5. The number of rotatable bonds is 5. The zero-order chi connectivity index (χ0) is 19.4. The van der Waals surface area contributed by atoms with Crippen molar-refractivity contribution >= 4 is 28.9 Å². The molecule has 0 aliphatic rings. The van der Waals surface area contributed by atoms with E-state index in [2.05, 4.69) is 15.6 Å². The van der Waals surface area contributed by atoms with E-state index < -0.39 is 11.9 Å². The summed E-state index contributed by atoms with van der Waals surface area (Å²) in [5.74, 6) is -1.57. The van der Waals surface area contributed by atoms with E-state index in [1.54, 1.807) is 43.3 Å². The van der Waals surface area contributed by atoms with Crippen LogP contribution in [0.25, 0.3) is 10.8 Å². The highest BCUT2D eigenvalue weighted by Gasteiger charge is 2.15. The molecule has 0 aliphatic heterocycles. The summed E-state index contributed by atoms with van der Waals surface area (Å²) in [5, 5.41) is 17.7. The lowest BCUT2D eigenvalue weighted by Gasteiger charge is -2.08. The molecule has 0 aliphatic carbocycles. The van der Waals surface area contributed by atoms with E-state index in [0.717, 1.165) is 0 Å². The Morgan fingerprint density at radius 2 is 1.81 bits per heavy atom. The number of carboxylic acids is 1. The van der Waals surface area contributed by atoms with Crippen molar-refractivity contribution < 1.29 is 14.7 Å². The monoisotopic (exact) mass is 364 g/mol. The molecule has 136 valence electrons. The van der Waals surface area contributed by atoms with Crippen LogP contribution < -0.4 is 11.0 Å². The SMILES string of the molecule is CCn1nc(C(=O)NN=Cc2ccc(C(=O)O)cc2)c2ccccc2c1=O. The van der Waals surface area contributed by atoms with Gasteiger partial charge in [-0.1, -0.05) is 30.3 Å². The Morgan fingerprint density at radius 3 is 2.44 bits per heavy atom. The van der Waals surface area contributed by atoms with Gasteiger partial charge >= 0.3 is 5.97 Å². The van der Waals surface area contributed by atoms with Crippen LogP contribution in [-0.2, 0) is 6.54 Å². The van der Waals surface area contributed by atoms with E-state index >= 15 is 0 Å². The molecular weight excluding hydrogens is 348 g/mol. The number of fused-ring (bicyclic) bond motifs is 1. The third-order valence-corrected chi connectivity index (χ3v) is 3.92. The van der Waals surface area contributed by atoms with Gasteiger partial charge in [0.15, 0.2) is 5.69 Å². The van der Waals surface area contributed by atoms with Gasteiger partial charge in [-0.05, 0) is 30.7 Å². The van der Waals surface area contributed by atoms with Gasteiger partial charge in [0.1, 0.15) is 0 Å². The maximum absolute atomic E-state index is 12.5. The molecule has 1 aromatic heterocycles. The van der Waals surface area contributed by atoms with Crippen LogP contribution in [0.15, 0.2) is 58.4 Å². The van der Waals surface area contributed by atoms with Crippen LogP contribution in [-0.4, -0.2) is 33.0 Å². The number of carbonyl (C=O) groups is 2. The van der Waals surface area contributed by atoms with Crippen LogP contribution in [0.5, 0.6) is 0 Å². The lowest BCUT2D eigenvalue weighted by atomic mass is 10.1. The molecule has 3 aromatic rings. The number of hydrogen-bond donors (Lipinski definition) is 2. The van der Waals surface area contributed by atoms with E-state index in [9.17, 15) is 14.4 Å². The fraction of sp³-hybridized carbons (Fsp3) is 0.105. The van der Waals surface area contributed by atoms with Crippen molar-refractivity contribution in [3.05, 3.63) is 75.7 Å². The molecule has 8 nitrogen and oxygen atoms in total. The molecule has 0 bridgehead atoms. The molecule has 0 unspecified atom stereocenters. The predicted octanol–water partition coefficient (Wildman–Crippen LogP) is 1.88. The van der Waals surface area contributed by atoms with Crippen molar-refractivity contribution in [1.82, 2.24) is 15.2 Å². The predicted molar refractivity (Wildman–Crippen MR) is 100 cm³/mol. The smallest absolute Gasteiger partial charge is 0.335 e. The average molecular weight is 364 g/mol. The van der Waals surface area contributed by atoms with Crippen molar-refractivity contribution in [3.63, 3.8) is 0 Å². The van der Waals surface area contributed by atoms with Crippen LogP contribution >= 0.6 is 0 Å². The zero-order valence-electron chi connectivity index (χ0n) is 14.4. The van der Waals surface area contributed by atoms with E-state index in [0.29, 0.717) is 22.9 Å². The normalized spacial score (nSPS) is 11.0. The molecule has 2 N–H and O–H groups in total. The molecule has 0 spiro atoms. The number of benzene rings is 2. The van der Waals surface area contributed by atoms with Gasteiger partial charge in [0.2, 0.25) is 0 Å². The summed E-state index contributed by atoms with van der Waals surface area (Å²) >= 11 is 0. The maximum Gasteiger partial charge on any atom is 0.335 e. The average Bonchev–Trinajstić information content (AvgIpc) is 2.69. The van der Waals surface area contributed by atoms with Gasteiger partial charge < -0.3 is 5.11 Å². The minimum atomic E-state index is -1.02. The Kier molecular flexibility index (Phi) is 5.07. The third kappa shape index (κ3) is 3.74. The van der Waals surface area contributed by atoms with Crippen molar-refractivity contribution in [1.29, 1.82) is 0 Å². The van der Waals surface area contributed by atoms with Gasteiger partial charge in [0, 0.05) is 11.9 Å². The first-order chi connectivity index (χ1) is 13.0. The number of aryl methyl sites for hydroxylation is 1. The number of hydrazone groups is 1. The van der Waals surface area contributed by atoms with E-state index in [4.69, 9.17) is 5.11 Å². The third-order valence-electron chi connectivity index (χ3n) is 3.92. The number of hydrogen-bond acceptors (Lipinski definition) is 5. The highest BCUT2D eigenvalue weighted by Crippen LogP contribution is 2.13. The second kappa shape index (κ2) is 7.61. The molecule has 0 fully saturated rings. The molecule has 2 aromatic carbocycles. The summed E-state index contributed by atoms with van der Waals surface area (Å²) < 4.78 is 1.23. The van der Waals surface area contributed by atoms with Gasteiger partial charge in [-0.3, -0.25) is 9.59 Å². The summed E-state index contributed by atoms with van der Waals surface area (Å²) in [4.78, 5) is 35.6. The number of carbonyl (C=O) groups excluding carboxylic acids is 1. The van der Waals surface area contributed by atoms with Gasteiger partial charge in [-0.25, -0.2) is 14.9 Å². The lowest BCUT2D eigenvalue weighted by Crippen LogP contribution is -2.28. The molecule has 1 amide bonds. The second-order valence-electron chi connectivity index (χ2n) is 5.64. The molecule has 0 radical (unpaired) electrons. The van der Waals surface area contributed by atoms with Crippen LogP contribution in [0.1, 0.15) is 33.3 Å². The zero-order valence-corrected chi connectivity index (χ0v) is 14.4. The van der Waals surface area contributed by atoms with Crippen LogP contribution in [0.2, 0.25) is 0 Å². The number of nitrogens with zero attached hydrogens (tertiary/aromatic N) is 3. The summed E-state index contributed by atoms with van der Waals surface area (Å²) in [6.07, 6.45) is 1.39. The van der Waals surface area contributed by atoms with Gasteiger partial charge in [-0.15, -0.1) is 0 Å². The molecule has 0 saturated carbocycles. The number of carboxylic acid groups (broad SMARTS) is 1. The minimum Gasteiger partial charge on any atom is -0.478 e. The van der Waals surface area contributed by atoms with Crippen LogP contribution in [0, 0.1) is 0 Å². The van der Waals surface area contributed by atoms with Crippen molar-refractivity contribution in [3.8, 4) is 0 Å². The summed E-state index contributed by atoms with van der Waals surface area (Å²) in [6.45, 7) is 2.10. The summed E-state index contributed by atoms with van der Waals surface area (Å²) in [7, 11) is 0.